The number of carbonyl (C=O) groups excluding carboxylic acids is 1. The molecule has 2 rings (SSSR count). The van der Waals surface area contributed by atoms with Crippen molar-refractivity contribution in [3.63, 3.8) is 0 Å². The largest absolute Gasteiger partial charge is 0.375 e. The van der Waals surface area contributed by atoms with Crippen molar-refractivity contribution >= 4 is 5.91 Å². The van der Waals surface area contributed by atoms with Gasteiger partial charge >= 0.3 is 0 Å². The van der Waals surface area contributed by atoms with Crippen LogP contribution in [0.4, 0.5) is 0 Å². The van der Waals surface area contributed by atoms with Gasteiger partial charge in [0.15, 0.2) is 0 Å². The zero-order chi connectivity index (χ0) is 11.4. The second-order valence-electron chi connectivity index (χ2n) is 4.92. The topological polar surface area (TPSA) is 41.6 Å². The van der Waals surface area contributed by atoms with E-state index in [9.17, 15) is 4.79 Å². The van der Waals surface area contributed by atoms with Gasteiger partial charge in [-0.25, -0.2) is 0 Å². The van der Waals surface area contributed by atoms with E-state index >= 15 is 0 Å². The molecule has 2 fully saturated rings. The van der Waals surface area contributed by atoms with E-state index in [-0.39, 0.29) is 6.10 Å². The van der Waals surface area contributed by atoms with Crippen molar-refractivity contribution in [2.45, 2.75) is 32.3 Å². The second-order valence-corrected chi connectivity index (χ2v) is 4.92. The SMILES string of the molecule is CC1CN(C(=O)CCC2CCNC2)CCO1. The van der Waals surface area contributed by atoms with Crippen LogP contribution in [0.5, 0.6) is 0 Å². The van der Waals surface area contributed by atoms with Crippen LogP contribution in [0.15, 0.2) is 0 Å². The summed E-state index contributed by atoms with van der Waals surface area (Å²) in [4.78, 5) is 13.9. The maximum atomic E-state index is 12.0. The Balaban J connectivity index is 1.70. The number of carbonyl (C=O) groups is 1. The summed E-state index contributed by atoms with van der Waals surface area (Å²) in [6.07, 6.45) is 3.18. The van der Waals surface area contributed by atoms with Crippen LogP contribution < -0.4 is 5.32 Å². The maximum absolute atomic E-state index is 12.0. The van der Waals surface area contributed by atoms with Gasteiger partial charge < -0.3 is 15.0 Å². The van der Waals surface area contributed by atoms with Crippen molar-refractivity contribution in [2.24, 2.45) is 5.92 Å². The van der Waals surface area contributed by atoms with Crippen LogP contribution in [0.2, 0.25) is 0 Å². The molecule has 0 aromatic rings. The van der Waals surface area contributed by atoms with Gasteiger partial charge in [-0.2, -0.15) is 0 Å². The number of hydrogen-bond acceptors (Lipinski definition) is 3. The summed E-state index contributed by atoms with van der Waals surface area (Å²) in [5, 5.41) is 3.34. The molecule has 2 heterocycles. The zero-order valence-electron chi connectivity index (χ0n) is 10.1. The highest BCUT2D eigenvalue weighted by molar-refractivity contribution is 5.76. The van der Waals surface area contributed by atoms with E-state index in [1.165, 1.54) is 6.42 Å². The fraction of sp³-hybridized carbons (Fsp3) is 0.917. The summed E-state index contributed by atoms with van der Waals surface area (Å²) in [5.74, 6) is 1.02. The van der Waals surface area contributed by atoms with Crippen molar-refractivity contribution in [3.05, 3.63) is 0 Å². The van der Waals surface area contributed by atoms with Gasteiger partial charge in [0, 0.05) is 19.5 Å². The Morgan fingerprint density at radius 1 is 1.56 bits per heavy atom. The minimum absolute atomic E-state index is 0.200. The van der Waals surface area contributed by atoms with Crippen LogP contribution in [-0.2, 0) is 9.53 Å². The molecule has 1 amide bonds. The number of nitrogens with zero attached hydrogens (tertiary/aromatic N) is 1. The summed E-state index contributed by atoms with van der Waals surface area (Å²) in [7, 11) is 0. The smallest absolute Gasteiger partial charge is 0.222 e. The van der Waals surface area contributed by atoms with Gasteiger partial charge in [-0.05, 0) is 38.8 Å². The lowest BCUT2D eigenvalue weighted by Gasteiger charge is -2.31. The lowest BCUT2D eigenvalue weighted by atomic mass is 10.0. The number of rotatable bonds is 3. The second kappa shape index (κ2) is 5.64. The first-order valence-corrected chi connectivity index (χ1v) is 6.36. The molecule has 2 aliphatic heterocycles. The summed E-state index contributed by atoms with van der Waals surface area (Å²) >= 11 is 0. The van der Waals surface area contributed by atoms with Gasteiger partial charge in [-0.15, -0.1) is 0 Å². The molecule has 1 N–H and O–H groups in total. The molecule has 16 heavy (non-hydrogen) atoms. The number of amides is 1. The van der Waals surface area contributed by atoms with E-state index in [4.69, 9.17) is 4.74 Å². The lowest BCUT2D eigenvalue weighted by Crippen LogP contribution is -2.44. The van der Waals surface area contributed by atoms with E-state index in [2.05, 4.69) is 5.32 Å². The predicted octanol–water partition coefficient (Wildman–Crippen LogP) is 0.623. The maximum Gasteiger partial charge on any atom is 0.222 e. The van der Waals surface area contributed by atoms with Gasteiger partial charge in [0.2, 0.25) is 5.91 Å². The molecule has 0 bridgehead atoms. The minimum Gasteiger partial charge on any atom is -0.375 e. The number of nitrogens with one attached hydrogen (secondary N) is 1. The van der Waals surface area contributed by atoms with E-state index < -0.39 is 0 Å². The van der Waals surface area contributed by atoms with Crippen LogP contribution >= 0.6 is 0 Å². The summed E-state index contributed by atoms with van der Waals surface area (Å²) in [6.45, 7) is 6.46. The molecular formula is C12H22N2O2. The molecular weight excluding hydrogens is 204 g/mol. The molecule has 2 saturated heterocycles. The number of morpholine rings is 1. The normalized spacial score (nSPS) is 30.7. The van der Waals surface area contributed by atoms with E-state index in [1.807, 2.05) is 11.8 Å². The molecule has 2 atom stereocenters. The van der Waals surface area contributed by atoms with E-state index in [1.54, 1.807) is 0 Å². The van der Waals surface area contributed by atoms with Crippen molar-refractivity contribution < 1.29 is 9.53 Å². The summed E-state index contributed by atoms with van der Waals surface area (Å²) in [6, 6.07) is 0. The van der Waals surface area contributed by atoms with Gasteiger partial charge in [0.25, 0.3) is 0 Å². The molecule has 0 saturated carbocycles. The first-order chi connectivity index (χ1) is 7.75. The highest BCUT2D eigenvalue weighted by atomic mass is 16.5. The van der Waals surface area contributed by atoms with Gasteiger partial charge in [0.1, 0.15) is 0 Å². The van der Waals surface area contributed by atoms with E-state index in [0.717, 1.165) is 32.6 Å². The predicted molar refractivity (Wildman–Crippen MR) is 62.2 cm³/mol. The first kappa shape index (κ1) is 11.9. The zero-order valence-corrected chi connectivity index (χ0v) is 10.1. The third kappa shape index (κ3) is 3.19. The first-order valence-electron chi connectivity index (χ1n) is 6.36. The van der Waals surface area contributed by atoms with Crippen LogP contribution in [0.3, 0.4) is 0 Å². The van der Waals surface area contributed by atoms with Crippen molar-refractivity contribution in [1.29, 1.82) is 0 Å². The average molecular weight is 226 g/mol. The molecule has 0 aromatic heterocycles. The Morgan fingerprint density at radius 2 is 2.44 bits per heavy atom. The van der Waals surface area contributed by atoms with Crippen molar-refractivity contribution in [3.8, 4) is 0 Å². The Hall–Kier alpha value is -0.610. The fourth-order valence-corrected chi connectivity index (χ4v) is 2.49. The summed E-state index contributed by atoms with van der Waals surface area (Å²) < 4.78 is 5.43. The fourth-order valence-electron chi connectivity index (χ4n) is 2.49. The summed E-state index contributed by atoms with van der Waals surface area (Å²) in [5.41, 5.74) is 0. The quantitative estimate of drug-likeness (QED) is 0.767. The molecule has 0 aliphatic carbocycles. The molecule has 0 spiro atoms. The van der Waals surface area contributed by atoms with Crippen LogP contribution in [0.1, 0.15) is 26.2 Å². The number of ether oxygens (including phenoxy) is 1. The van der Waals surface area contributed by atoms with Gasteiger partial charge in [-0.1, -0.05) is 0 Å². The Kier molecular flexibility index (Phi) is 4.18. The molecule has 0 aromatic carbocycles. The van der Waals surface area contributed by atoms with Crippen molar-refractivity contribution in [2.75, 3.05) is 32.8 Å². The Morgan fingerprint density at radius 3 is 3.12 bits per heavy atom. The Bertz CT molecular complexity index is 239. The minimum atomic E-state index is 0.200. The lowest BCUT2D eigenvalue weighted by molar-refractivity contribution is -0.138. The Labute approximate surface area is 97.3 Å². The standard InChI is InChI=1S/C12H22N2O2/c1-10-9-14(6-7-16-10)12(15)3-2-11-4-5-13-8-11/h10-11,13H,2-9H2,1H3. The van der Waals surface area contributed by atoms with Crippen LogP contribution in [-0.4, -0.2) is 49.7 Å². The third-order valence-electron chi connectivity index (χ3n) is 3.52. The van der Waals surface area contributed by atoms with Crippen LogP contribution in [0, 0.1) is 5.92 Å². The number of hydrogen-bond donors (Lipinski definition) is 1. The molecule has 0 radical (unpaired) electrons. The molecule has 4 nitrogen and oxygen atoms in total. The monoisotopic (exact) mass is 226 g/mol. The van der Waals surface area contributed by atoms with Gasteiger partial charge in [0.05, 0.1) is 12.7 Å². The highest BCUT2D eigenvalue weighted by Crippen LogP contribution is 2.16. The van der Waals surface area contributed by atoms with Crippen molar-refractivity contribution in [1.82, 2.24) is 10.2 Å². The van der Waals surface area contributed by atoms with Gasteiger partial charge in [-0.3, -0.25) is 4.79 Å². The van der Waals surface area contributed by atoms with E-state index in [0.29, 0.717) is 24.9 Å². The molecule has 2 unspecified atom stereocenters. The molecule has 92 valence electrons. The molecule has 2 aliphatic rings. The highest BCUT2D eigenvalue weighted by Gasteiger charge is 2.22. The molecule has 4 heteroatoms. The van der Waals surface area contributed by atoms with Crippen LogP contribution in [0.25, 0.3) is 0 Å². The average Bonchev–Trinajstić information content (AvgIpc) is 2.78. The third-order valence-corrected chi connectivity index (χ3v) is 3.52.